The average Bonchev–Trinajstić information content (AvgIpc) is 2.95. The van der Waals surface area contributed by atoms with Crippen molar-refractivity contribution in [3.63, 3.8) is 0 Å². The number of nitrogens with one attached hydrogen (secondary N) is 1. The Balaban J connectivity index is 1.48. The maximum absolute atomic E-state index is 13.0. The smallest absolute Gasteiger partial charge is 0.227 e. The molecule has 2 heterocycles. The molecule has 0 spiro atoms. The minimum atomic E-state index is 0.222. The van der Waals surface area contributed by atoms with Gasteiger partial charge < -0.3 is 14.6 Å². The SMILES string of the molecule is COc1ccc(C2CCCCN(C(=O)Cc3c[nH]c4ccccc34)C2)cc1. The lowest BCUT2D eigenvalue weighted by Crippen LogP contribution is -2.35. The number of fused-ring (bicyclic) bond motifs is 1. The van der Waals surface area contributed by atoms with Gasteiger partial charge >= 0.3 is 0 Å². The number of aromatic amines is 1. The number of nitrogens with zero attached hydrogens (tertiary/aromatic N) is 1. The molecular weight excluding hydrogens is 336 g/mol. The summed E-state index contributed by atoms with van der Waals surface area (Å²) in [5.74, 6) is 1.49. The van der Waals surface area contributed by atoms with Gasteiger partial charge in [-0.15, -0.1) is 0 Å². The Morgan fingerprint density at radius 1 is 1.15 bits per heavy atom. The van der Waals surface area contributed by atoms with Gasteiger partial charge in [-0.2, -0.15) is 0 Å². The van der Waals surface area contributed by atoms with Crippen LogP contribution in [0, 0.1) is 0 Å². The van der Waals surface area contributed by atoms with Gasteiger partial charge in [0.15, 0.2) is 0 Å². The van der Waals surface area contributed by atoms with Crippen LogP contribution in [-0.4, -0.2) is 36.0 Å². The zero-order valence-electron chi connectivity index (χ0n) is 15.8. The van der Waals surface area contributed by atoms with E-state index in [0.717, 1.165) is 54.6 Å². The first kappa shape index (κ1) is 17.7. The summed E-state index contributed by atoms with van der Waals surface area (Å²) in [7, 11) is 1.69. The maximum atomic E-state index is 13.0. The molecule has 0 radical (unpaired) electrons. The fourth-order valence-electron chi connectivity index (χ4n) is 4.07. The molecule has 4 nitrogen and oxygen atoms in total. The summed E-state index contributed by atoms with van der Waals surface area (Å²) in [6.45, 7) is 1.65. The van der Waals surface area contributed by atoms with E-state index in [0.29, 0.717) is 12.3 Å². The number of carbonyl (C=O) groups is 1. The largest absolute Gasteiger partial charge is 0.497 e. The third-order valence-corrected chi connectivity index (χ3v) is 5.63. The van der Waals surface area contributed by atoms with E-state index in [2.05, 4.69) is 34.1 Å². The maximum Gasteiger partial charge on any atom is 0.227 e. The van der Waals surface area contributed by atoms with Crippen LogP contribution >= 0.6 is 0 Å². The van der Waals surface area contributed by atoms with Crippen molar-refractivity contribution in [2.24, 2.45) is 0 Å². The van der Waals surface area contributed by atoms with Gasteiger partial charge in [0.05, 0.1) is 13.5 Å². The van der Waals surface area contributed by atoms with Gasteiger partial charge in [0.2, 0.25) is 5.91 Å². The van der Waals surface area contributed by atoms with Gasteiger partial charge in [-0.25, -0.2) is 0 Å². The van der Waals surface area contributed by atoms with Crippen molar-refractivity contribution in [1.82, 2.24) is 9.88 Å². The normalized spacial score (nSPS) is 17.7. The van der Waals surface area contributed by atoms with Crippen LogP contribution in [0.1, 0.15) is 36.3 Å². The molecule has 1 saturated heterocycles. The molecule has 4 heteroatoms. The Labute approximate surface area is 160 Å². The van der Waals surface area contributed by atoms with Crippen molar-refractivity contribution in [2.45, 2.75) is 31.6 Å². The van der Waals surface area contributed by atoms with Gasteiger partial charge in [0.1, 0.15) is 5.75 Å². The predicted octanol–water partition coefficient (Wildman–Crippen LogP) is 4.52. The molecule has 0 bridgehead atoms. The molecule has 1 unspecified atom stereocenters. The van der Waals surface area contributed by atoms with Crippen LogP contribution in [0.3, 0.4) is 0 Å². The quantitative estimate of drug-likeness (QED) is 0.742. The van der Waals surface area contributed by atoms with E-state index in [-0.39, 0.29) is 5.91 Å². The fourth-order valence-corrected chi connectivity index (χ4v) is 4.07. The molecule has 27 heavy (non-hydrogen) atoms. The van der Waals surface area contributed by atoms with Crippen molar-refractivity contribution in [2.75, 3.05) is 20.2 Å². The van der Waals surface area contributed by atoms with Gasteiger partial charge in [-0.05, 0) is 42.2 Å². The number of methoxy groups -OCH3 is 1. The number of benzene rings is 2. The Hall–Kier alpha value is -2.75. The third kappa shape index (κ3) is 3.85. The molecule has 2 aromatic carbocycles. The molecule has 3 aromatic rings. The highest BCUT2D eigenvalue weighted by atomic mass is 16.5. The van der Waals surface area contributed by atoms with Gasteiger partial charge in [0, 0.05) is 36.1 Å². The highest BCUT2D eigenvalue weighted by Gasteiger charge is 2.23. The average molecular weight is 362 g/mol. The molecule has 140 valence electrons. The monoisotopic (exact) mass is 362 g/mol. The summed E-state index contributed by atoms with van der Waals surface area (Å²) in [6, 6.07) is 16.5. The molecular formula is C23H26N2O2. The van der Waals surface area contributed by atoms with E-state index < -0.39 is 0 Å². The highest BCUT2D eigenvalue weighted by Crippen LogP contribution is 2.28. The Bertz CT molecular complexity index is 914. The van der Waals surface area contributed by atoms with Crippen molar-refractivity contribution >= 4 is 16.8 Å². The topological polar surface area (TPSA) is 45.3 Å². The summed E-state index contributed by atoms with van der Waals surface area (Å²) in [5, 5.41) is 1.15. The van der Waals surface area contributed by atoms with E-state index in [9.17, 15) is 4.79 Å². The van der Waals surface area contributed by atoms with Gasteiger partial charge in [0.25, 0.3) is 0 Å². The summed E-state index contributed by atoms with van der Waals surface area (Å²) in [4.78, 5) is 18.4. The number of ether oxygens (including phenoxy) is 1. The number of amides is 1. The van der Waals surface area contributed by atoms with Crippen LogP contribution in [0.15, 0.2) is 54.7 Å². The van der Waals surface area contributed by atoms with Crippen molar-refractivity contribution in [3.05, 3.63) is 65.9 Å². The Morgan fingerprint density at radius 3 is 2.78 bits per heavy atom. The van der Waals surface area contributed by atoms with Gasteiger partial charge in [-0.1, -0.05) is 36.8 Å². The van der Waals surface area contributed by atoms with Crippen LogP contribution < -0.4 is 4.74 Å². The van der Waals surface area contributed by atoms with E-state index in [4.69, 9.17) is 4.74 Å². The fraction of sp³-hybridized carbons (Fsp3) is 0.348. The molecule has 1 aliphatic heterocycles. The van der Waals surface area contributed by atoms with Crippen LogP contribution in [0.4, 0.5) is 0 Å². The van der Waals surface area contributed by atoms with Gasteiger partial charge in [-0.3, -0.25) is 4.79 Å². The first-order chi connectivity index (χ1) is 13.2. The Morgan fingerprint density at radius 2 is 1.96 bits per heavy atom. The third-order valence-electron chi connectivity index (χ3n) is 5.63. The number of carbonyl (C=O) groups excluding carboxylic acids is 1. The summed E-state index contributed by atoms with van der Waals surface area (Å²) >= 11 is 0. The summed E-state index contributed by atoms with van der Waals surface area (Å²) < 4.78 is 5.27. The number of hydrogen-bond acceptors (Lipinski definition) is 2. The molecule has 1 atom stereocenters. The number of likely N-dealkylation sites (tertiary alicyclic amines) is 1. The van der Waals surface area contributed by atoms with Crippen molar-refractivity contribution in [3.8, 4) is 5.75 Å². The van der Waals surface area contributed by atoms with Crippen LogP contribution in [0.25, 0.3) is 10.9 Å². The number of para-hydroxylation sites is 1. The second-order valence-electron chi connectivity index (χ2n) is 7.34. The second-order valence-corrected chi connectivity index (χ2v) is 7.34. The summed E-state index contributed by atoms with van der Waals surface area (Å²) in [5.41, 5.74) is 3.47. The molecule has 0 aliphatic carbocycles. The Kier molecular flexibility index (Phi) is 5.14. The molecule has 0 saturated carbocycles. The second kappa shape index (κ2) is 7.87. The minimum absolute atomic E-state index is 0.222. The summed E-state index contributed by atoms with van der Waals surface area (Å²) in [6.07, 6.45) is 5.80. The molecule has 1 N–H and O–H groups in total. The number of rotatable bonds is 4. The van der Waals surface area contributed by atoms with E-state index in [1.54, 1.807) is 7.11 Å². The molecule has 1 amide bonds. The first-order valence-electron chi connectivity index (χ1n) is 9.71. The zero-order chi connectivity index (χ0) is 18.6. The lowest BCUT2D eigenvalue weighted by Gasteiger charge is -2.25. The lowest BCUT2D eigenvalue weighted by molar-refractivity contribution is -0.130. The predicted molar refractivity (Wildman–Crippen MR) is 108 cm³/mol. The van der Waals surface area contributed by atoms with Crippen LogP contribution in [0.5, 0.6) is 5.75 Å². The number of aromatic nitrogens is 1. The molecule has 1 fully saturated rings. The van der Waals surface area contributed by atoms with E-state index in [1.807, 2.05) is 30.5 Å². The first-order valence-corrected chi connectivity index (χ1v) is 9.71. The zero-order valence-corrected chi connectivity index (χ0v) is 15.8. The lowest BCUT2D eigenvalue weighted by atomic mass is 9.94. The standard InChI is InChI=1S/C23H26N2O2/c1-27-20-11-9-17(10-12-20)18-6-4-5-13-25(16-18)23(26)14-19-15-24-22-8-3-2-7-21(19)22/h2-3,7-12,15,18,24H,4-6,13-14,16H2,1H3. The van der Waals surface area contributed by atoms with E-state index >= 15 is 0 Å². The number of H-pyrrole nitrogens is 1. The van der Waals surface area contributed by atoms with Crippen LogP contribution in [-0.2, 0) is 11.2 Å². The molecule has 1 aliphatic rings. The van der Waals surface area contributed by atoms with Crippen molar-refractivity contribution < 1.29 is 9.53 Å². The minimum Gasteiger partial charge on any atom is -0.497 e. The number of hydrogen-bond donors (Lipinski definition) is 1. The van der Waals surface area contributed by atoms with E-state index in [1.165, 1.54) is 5.56 Å². The highest BCUT2D eigenvalue weighted by molar-refractivity contribution is 5.88. The van der Waals surface area contributed by atoms with Crippen molar-refractivity contribution in [1.29, 1.82) is 0 Å². The van der Waals surface area contributed by atoms with Crippen LogP contribution in [0.2, 0.25) is 0 Å². The molecule has 4 rings (SSSR count). The molecule has 1 aromatic heterocycles.